The van der Waals surface area contributed by atoms with Gasteiger partial charge in [0.1, 0.15) is 0 Å². The van der Waals surface area contributed by atoms with E-state index in [0.29, 0.717) is 0 Å². The number of hydrogen-bond donors (Lipinski definition) is 0. The highest BCUT2D eigenvalue weighted by molar-refractivity contribution is 4.68. The van der Waals surface area contributed by atoms with E-state index in [1.807, 2.05) is 26.0 Å². The first-order valence-electron chi connectivity index (χ1n) is 2.54. The fourth-order valence-electron chi connectivity index (χ4n) is 0. The van der Waals surface area contributed by atoms with Crippen LogP contribution in [-0.2, 0) is 4.74 Å². The first-order valence-corrected chi connectivity index (χ1v) is 2.54. The van der Waals surface area contributed by atoms with Gasteiger partial charge in [0, 0.05) is 0 Å². The molecule has 8 heavy (non-hydrogen) atoms. The molecule has 0 bridgehead atoms. The van der Waals surface area contributed by atoms with Gasteiger partial charge in [0.05, 0.1) is 13.4 Å². The molecule has 0 amide bonds. The highest BCUT2D eigenvalue weighted by Gasteiger charge is 1.36. The van der Waals surface area contributed by atoms with E-state index in [2.05, 4.69) is 11.3 Å². The summed E-state index contributed by atoms with van der Waals surface area (Å²) in [5, 5.41) is 0. The SMILES string of the molecule is C=COC.CC=CC. The van der Waals surface area contributed by atoms with E-state index in [1.165, 1.54) is 6.26 Å². The highest BCUT2D eigenvalue weighted by Crippen LogP contribution is 1.57. The molecule has 0 aromatic heterocycles. The Kier molecular flexibility index (Phi) is 20.9. The molecule has 0 heterocycles. The predicted octanol–water partition coefficient (Wildman–Crippen LogP) is 2.36. The van der Waals surface area contributed by atoms with Crippen molar-refractivity contribution < 1.29 is 4.74 Å². The van der Waals surface area contributed by atoms with E-state index in [-0.39, 0.29) is 0 Å². The molecule has 0 aromatic carbocycles. The fraction of sp³-hybridized carbons (Fsp3) is 0.429. The van der Waals surface area contributed by atoms with Crippen molar-refractivity contribution in [2.45, 2.75) is 13.8 Å². The van der Waals surface area contributed by atoms with Crippen LogP contribution < -0.4 is 0 Å². The Morgan fingerprint density at radius 2 is 1.50 bits per heavy atom. The van der Waals surface area contributed by atoms with E-state index in [1.54, 1.807) is 7.11 Å². The van der Waals surface area contributed by atoms with Crippen molar-refractivity contribution in [1.82, 2.24) is 0 Å². The van der Waals surface area contributed by atoms with Crippen LogP contribution in [0, 0.1) is 0 Å². The molecule has 0 rings (SSSR count). The second-order valence-corrected chi connectivity index (χ2v) is 1.07. The van der Waals surface area contributed by atoms with E-state index in [4.69, 9.17) is 0 Å². The van der Waals surface area contributed by atoms with Gasteiger partial charge in [-0.1, -0.05) is 18.7 Å². The second-order valence-electron chi connectivity index (χ2n) is 1.07. The van der Waals surface area contributed by atoms with E-state index >= 15 is 0 Å². The average molecular weight is 114 g/mol. The Bertz CT molecular complexity index is 51.4. The number of allylic oxidation sites excluding steroid dienone is 2. The maximum absolute atomic E-state index is 4.31. The zero-order valence-corrected chi connectivity index (χ0v) is 5.85. The van der Waals surface area contributed by atoms with Gasteiger partial charge in [0.2, 0.25) is 0 Å². The molecular formula is C7H14O. The molecule has 0 aliphatic heterocycles. The zero-order valence-electron chi connectivity index (χ0n) is 5.85. The molecule has 0 aliphatic carbocycles. The van der Waals surface area contributed by atoms with Crippen molar-refractivity contribution in [2.75, 3.05) is 7.11 Å². The van der Waals surface area contributed by atoms with Gasteiger partial charge in [0.25, 0.3) is 0 Å². The summed E-state index contributed by atoms with van der Waals surface area (Å²) in [4.78, 5) is 0. The van der Waals surface area contributed by atoms with Gasteiger partial charge in [-0.25, -0.2) is 0 Å². The van der Waals surface area contributed by atoms with Crippen LogP contribution in [0.3, 0.4) is 0 Å². The summed E-state index contributed by atoms with van der Waals surface area (Å²) < 4.78 is 4.31. The minimum absolute atomic E-state index is 1.38. The van der Waals surface area contributed by atoms with Crippen molar-refractivity contribution in [1.29, 1.82) is 0 Å². The summed E-state index contributed by atoms with van der Waals surface area (Å²) in [7, 11) is 1.56. The molecule has 1 heteroatoms. The third kappa shape index (κ3) is 59.0. The molecule has 0 aliphatic rings. The number of ether oxygens (including phenoxy) is 1. The lowest BCUT2D eigenvalue weighted by atomic mass is 10.6. The van der Waals surface area contributed by atoms with Crippen molar-refractivity contribution in [3.05, 3.63) is 25.0 Å². The average Bonchev–Trinajstić information content (AvgIpc) is 1.88. The highest BCUT2D eigenvalue weighted by atomic mass is 16.5. The molecule has 0 N–H and O–H groups in total. The molecule has 0 atom stereocenters. The number of hydrogen-bond acceptors (Lipinski definition) is 1. The van der Waals surface area contributed by atoms with Crippen LogP contribution in [0.2, 0.25) is 0 Å². The van der Waals surface area contributed by atoms with E-state index in [0.717, 1.165) is 0 Å². The Hall–Kier alpha value is -0.720. The van der Waals surface area contributed by atoms with E-state index < -0.39 is 0 Å². The zero-order chi connectivity index (χ0) is 6.83. The quantitative estimate of drug-likeness (QED) is 0.375. The molecular weight excluding hydrogens is 100 g/mol. The van der Waals surface area contributed by atoms with Crippen molar-refractivity contribution >= 4 is 0 Å². The molecule has 0 saturated heterocycles. The maximum atomic E-state index is 4.31. The fourth-order valence-corrected chi connectivity index (χ4v) is 0. The smallest absolute Gasteiger partial charge is 0.0766 e. The van der Waals surface area contributed by atoms with Crippen LogP contribution in [0.25, 0.3) is 0 Å². The third-order valence-corrected chi connectivity index (χ3v) is 0.500. The van der Waals surface area contributed by atoms with Gasteiger partial charge in [-0.05, 0) is 13.8 Å². The molecule has 0 spiro atoms. The largest absolute Gasteiger partial charge is 0.505 e. The van der Waals surface area contributed by atoms with Crippen LogP contribution in [0.4, 0.5) is 0 Å². The topological polar surface area (TPSA) is 9.23 Å². The molecule has 0 saturated carbocycles. The first kappa shape index (κ1) is 10.3. The van der Waals surface area contributed by atoms with Crippen LogP contribution >= 0.6 is 0 Å². The van der Waals surface area contributed by atoms with Crippen LogP contribution in [-0.4, -0.2) is 7.11 Å². The summed E-state index contributed by atoms with van der Waals surface area (Å²) >= 11 is 0. The number of rotatable bonds is 1. The van der Waals surface area contributed by atoms with Gasteiger partial charge >= 0.3 is 0 Å². The minimum Gasteiger partial charge on any atom is -0.505 e. The summed E-state index contributed by atoms with van der Waals surface area (Å²) in [5.41, 5.74) is 0. The predicted molar refractivity (Wildman–Crippen MR) is 37.7 cm³/mol. The monoisotopic (exact) mass is 114 g/mol. The molecule has 48 valence electrons. The summed E-state index contributed by atoms with van der Waals surface area (Å²) in [5.74, 6) is 0. The lowest BCUT2D eigenvalue weighted by Gasteiger charge is -1.73. The van der Waals surface area contributed by atoms with Gasteiger partial charge in [-0.15, -0.1) is 0 Å². The molecule has 0 unspecified atom stereocenters. The van der Waals surface area contributed by atoms with E-state index in [9.17, 15) is 0 Å². The first-order chi connectivity index (χ1) is 3.83. The number of methoxy groups -OCH3 is 1. The molecule has 1 nitrogen and oxygen atoms in total. The van der Waals surface area contributed by atoms with Gasteiger partial charge < -0.3 is 4.74 Å². The van der Waals surface area contributed by atoms with Crippen molar-refractivity contribution in [3.63, 3.8) is 0 Å². The standard InChI is InChI=1S/C4H8.C3H6O/c2*1-3-4-2/h3-4H,1-2H3;3H,1H2,2H3. The lowest BCUT2D eigenvalue weighted by molar-refractivity contribution is 0.339. The Labute approximate surface area is 51.7 Å². The van der Waals surface area contributed by atoms with Gasteiger partial charge in [-0.2, -0.15) is 0 Å². The van der Waals surface area contributed by atoms with Crippen molar-refractivity contribution in [3.8, 4) is 0 Å². The molecule has 0 aromatic rings. The van der Waals surface area contributed by atoms with Crippen LogP contribution in [0.1, 0.15) is 13.8 Å². The van der Waals surface area contributed by atoms with Crippen molar-refractivity contribution in [2.24, 2.45) is 0 Å². The Morgan fingerprint density at radius 3 is 1.50 bits per heavy atom. The summed E-state index contributed by atoms with van der Waals surface area (Å²) in [6.45, 7) is 7.26. The summed E-state index contributed by atoms with van der Waals surface area (Å²) in [6, 6.07) is 0. The molecule has 0 radical (unpaired) electrons. The van der Waals surface area contributed by atoms with Gasteiger partial charge in [0.15, 0.2) is 0 Å². The van der Waals surface area contributed by atoms with Crippen LogP contribution in [0.15, 0.2) is 25.0 Å². The van der Waals surface area contributed by atoms with Gasteiger partial charge in [-0.3, -0.25) is 0 Å². The molecule has 0 fully saturated rings. The third-order valence-electron chi connectivity index (χ3n) is 0.500. The second kappa shape index (κ2) is 16.3. The van der Waals surface area contributed by atoms with Crippen LogP contribution in [0.5, 0.6) is 0 Å². The Balaban J connectivity index is 0. The maximum Gasteiger partial charge on any atom is 0.0766 e. The Morgan fingerprint density at radius 1 is 1.25 bits per heavy atom. The normalized spacial score (nSPS) is 7.38. The lowest BCUT2D eigenvalue weighted by Crippen LogP contribution is -1.54. The summed E-state index contributed by atoms with van der Waals surface area (Å²) in [6.07, 6.45) is 5.38. The minimum atomic E-state index is 1.38.